The molecule has 4 heteroatoms. The van der Waals surface area contributed by atoms with Crippen LogP contribution in [0.3, 0.4) is 0 Å². The Labute approximate surface area is 294 Å². The van der Waals surface area contributed by atoms with E-state index in [1.54, 1.807) is 0 Å². The van der Waals surface area contributed by atoms with Gasteiger partial charge in [0, 0.05) is 33.0 Å². The largest absolute Gasteiger partial charge is 0.455 e. The van der Waals surface area contributed by atoms with Gasteiger partial charge in [-0.3, -0.25) is 0 Å². The van der Waals surface area contributed by atoms with Gasteiger partial charge in [0.2, 0.25) is 0 Å². The van der Waals surface area contributed by atoms with Gasteiger partial charge >= 0.3 is 0 Å². The Bertz CT molecular complexity index is 2860. The third-order valence-corrected chi connectivity index (χ3v) is 9.70. The Hall–Kier alpha value is -6.91. The predicted octanol–water partition coefficient (Wildman–Crippen LogP) is 12.4. The number of fused-ring (bicyclic) bond motifs is 6. The number of rotatable bonds is 5. The first-order valence-corrected chi connectivity index (χ1v) is 17.1. The first kappa shape index (κ1) is 29.0. The zero-order valence-electron chi connectivity index (χ0n) is 27.5. The van der Waals surface area contributed by atoms with Crippen molar-refractivity contribution in [1.82, 2.24) is 15.0 Å². The fourth-order valence-electron chi connectivity index (χ4n) is 7.24. The van der Waals surface area contributed by atoms with Gasteiger partial charge < -0.3 is 4.42 Å². The monoisotopic (exact) mass is 651 g/mol. The standard InChI is InChI=1S/C47H29N3O/c1-3-14-31(15-4-1)45-48-46(32-16-5-2-6-17-32)50-47(49-45)41-29-42-43(39-22-10-9-21-38(39)41)40-24-12-23-37(44(40)51-42)36-20-11-19-34(28-36)35-26-25-30-13-7-8-18-33(30)27-35/h1-29H. The van der Waals surface area contributed by atoms with E-state index in [0.717, 1.165) is 66.1 Å². The average molecular weight is 652 g/mol. The van der Waals surface area contributed by atoms with E-state index in [1.165, 1.54) is 16.3 Å². The average Bonchev–Trinajstić information content (AvgIpc) is 3.60. The lowest BCUT2D eigenvalue weighted by molar-refractivity contribution is 0.670. The van der Waals surface area contributed by atoms with Crippen LogP contribution in [0.2, 0.25) is 0 Å². The van der Waals surface area contributed by atoms with Crippen molar-refractivity contribution >= 4 is 43.5 Å². The molecule has 0 aliphatic carbocycles. The van der Waals surface area contributed by atoms with Crippen LogP contribution in [-0.4, -0.2) is 15.0 Å². The summed E-state index contributed by atoms with van der Waals surface area (Å²) in [5, 5.41) is 6.77. The zero-order valence-corrected chi connectivity index (χ0v) is 27.5. The van der Waals surface area contributed by atoms with Crippen molar-refractivity contribution in [1.29, 1.82) is 0 Å². The van der Waals surface area contributed by atoms with E-state index in [9.17, 15) is 0 Å². The molecule has 0 bridgehead atoms. The second-order valence-corrected chi connectivity index (χ2v) is 12.8. The van der Waals surface area contributed by atoms with E-state index in [-0.39, 0.29) is 0 Å². The highest BCUT2D eigenvalue weighted by molar-refractivity contribution is 6.23. The number of furan rings is 1. The van der Waals surface area contributed by atoms with Crippen LogP contribution in [0.25, 0.3) is 99.9 Å². The first-order valence-electron chi connectivity index (χ1n) is 17.1. The van der Waals surface area contributed by atoms with E-state index in [1.807, 2.05) is 60.7 Å². The fourth-order valence-corrected chi connectivity index (χ4v) is 7.24. The third kappa shape index (κ3) is 5.04. The van der Waals surface area contributed by atoms with Crippen LogP contribution in [0.4, 0.5) is 0 Å². The molecule has 0 aliphatic heterocycles. The van der Waals surface area contributed by atoms with Gasteiger partial charge in [0.25, 0.3) is 0 Å². The van der Waals surface area contributed by atoms with E-state index < -0.39 is 0 Å². The van der Waals surface area contributed by atoms with Gasteiger partial charge in [0.1, 0.15) is 11.2 Å². The Morgan fingerprint density at radius 3 is 1.67 bits per heavy atom. The summed E-state index contributed by atoms with van der Waals surface area (Å²) in [6, 6.07) is 61.0. The number of benzene rings is 8. The summed E-state index contributed by atoms with van der Waals surface area (Å²) in [6.45, 7) is 0. The van der Waals surface area contributed by atoms with Crippen LogP contribution in [0.15, 0.2) is 180 Å². The van der Waals surface area contributed by atoms with E-state index in [2.05, 4.69) is 115 Å². The molecule has 0 aliphatic rings. The summed E-state index contributed by atoms with van der Waals surface area (Å²) in [7, 11) is 0. The summed E-state index contributed by atoms with van der Waals surface area (Å²) >= 11 is 0. The number of para-hydroxylation sites is 1. The van der Waals surface area contributed by atoms with Crippen molar-refractivity contribution < 1.29 is 4.42 Å². The minimum Gasteiger partial charge on any atom is -0.455 e. The van der Waals surface area contributed by atoms with Crippen molar-refractivity contribution in [3.05, 3.63) is 176 Å². The highest BCUT2D eigenvalue weighted by Gasteiger charge is 2.20. The second-order valence-electron chi connectivity index (χ2n) is 12.8. The molecule has 51 heavy (non-hydrogen) atoms. The number of hydrogen-bond acceptors (Lipinski definition) is 4. The summed E-state index contributed by atoms with van der Waals surface area (Å²) < 4.78 is 6.87. The predicted molar refractivity (Wildman–Crippen MR) is 209 cm³/mol. The van der Waals surface area contributed by atoms with Gasteiger partial charge in [-0.1, -0.05) is 158 Å². The molecule has 0 saturated carbocycles. The summed E-state index contributed by atoms with van der Waals surface area (Å²) in [6.07, 6.45) is 0. The molecule has 238 valence electrons. The van der Waals surface area contributed by atoms with Gasteiger partial charge in [-0.15, -0.1) is 0 Å². The molecular formula is C47H29N3O. The molecular weight excluding hydrogens is 623 g/mol. The molecule has 0 N–H and O–H groups in total. The maximum absolute atomic E-state index is 6.87. The normalized spacial score (nSPS) is 11.5. The molecule has 2 heterocycles. The lowest BCUT2D eigenvalue weighted by Crippen LogP contribution is -2.00. The van der Waals surface area contributed by atoms with Gasteiger partial charge in [0.15, 0.2) is 17.5 Å². The zero-order chi connectivity index (χ0) is 33.7. The summed E-state index contributed by atoms with van der Waals surface area (Å²) in [5.41, 5.74) is 8.92. The highest BCUT2D eigenvalue weighted by Crippen LogP contribution is 2.43. The van der Waals surface area contributed by atoms with Crippen LogP contribution >= 0.6 is 0 Å². The molecule has 0 unspecified atom stereocenters. The van der Waals surface area contributed by atoms with E-state index in [0.29, 0.717) is 17.5 Å². The maximum Gasteiger partial charge on any atom is 0.164 e. The molecule has 4 nitrogen and oxygen atoms in total. The van der Waals surface area contributed by atoms with Crippen molar-refractivity contribution in [2.75, 3.05) is 0 Å². The second kappa shape index (κ2) is 11.9. The Morgan fingerprint density at radius 1 is 0.333 bits per heavy atom. The van der Waals surface area contributed by atoms with Crippen LogP contribution in [0, 0.1) is 0 Å². The highest BCUT2D eigenvalue weighted by atomic mass is 16.3. The van der Waals surface area contributed by atoms with Gasteiger partial charge in [-0.05, 0) is 56.4 Å². The quantitative estimate of drug-likeness (QED) is 0.186. The Kier molecular flexibility index (Phi) is 6.78. The summed E-state index contributed by atoms with van der Waals surface area (Å²) in [4.78, 5) is 15.1. The van der Waals surface area contributed by atoms with Crippen LogP contribution in [0.5, 0.6) is 0 Å². The topological polar surface area (TPSA) is 51.8 Å². The molecule has 0 atom stereocenters. The van der Waals surface area contributed by atoms with Crippen LogP contribution in [-0.2, 0) is 0 Å². The number of hydrogen-bond donors (Lipinski definition) is 0. The van der Waals surface area contributed by atoms with Crippen molar-refractivity contribution in [2.24, 2.45) is 0 Å². The molecule has 0 saturated heterocycles. The van der Waals surface area contributed by atoms with E-state index >= 15 is 0 Å². The molecule has 2 aromatic heterocycles. The fraction of sp³-hybridized carbons (Fsp3) is 0. The van der Waals surface area contributed by atoms with Crippen LogP contribution < -0.4 is 0 Å². The van der Waals surface area contributed by atoms with Crippen molar-refractivity contribution in [3.8, 4) is 56.4 Å². The number of aromatic nitrogens is 3. The Balaban J connectivity index is 1.17. The molecule has 10 rings (SSSR count). The molecule has 0 radical (unpaired) electrons. The lowest BCUT2D eigenvalue weighted by atomic mass is 9.95. The smallest absolute Gasteiger partial charge is 0.164 e. The lowest BCUT2D eigenvalue weighted by Gasteiger charge is -2.11. The Morgan fingerprint density at radius 2 is 0.902 bits per heavy atom. The first-order chi connectivity index (χ1) is 25.3. The molecule has 0 spiro atoms. The maximum atomic E-state index is 6.87. The minimum atomic E-state index is 0.601. The van der Waals surface area contributed by atoms with Gasteiger partial charge in [-0.25, -0.2) is 15.0 Å². The van der Waals surface area contributed by atoms with Gasteiger partial charge in [-0.2, -0.15) is 0 Å². The summed E-state index contributed by atoms with van der Waals surface area (Å²) in [5.74, 6) is 1.85. The molecule has 0 amide bonds. The SMILES string of the molecule is c1ccc(-c2nc(-c3ccccc3)nc(-c3cc4oc5c(-c6cccc(-c7ccc8ccccc8c7)c6)cccc5c4c4ccccc34)n2)cc1. The molecule has 10 aromatic rings. The number of nitrogens with zero attached hydrogens (tertiary/aromatic N) is 3. The molecule has 8 aromatic carbocycles. The van der Waals surface area contributed by atoms with Crippen LogP contribution in [0.1, 0.15) is 0 Å². The van der Waals surface area contributed by atoms with Gasteiger partial charge in [0.05, 0.1) is 0 Å². The molecule has 0 fully saturated rings. The van der Waals surface area contributed by atoms with E-state index in [4.69, 9.17) is 19.4 Å². The van der Waals surface area contributed by atoms with Crippen molar-refractivity contribution in [2.45, 2.75) is 0 Å². The minimum absolute atomic E-state index is 0.601. The van der Waals surface area contributed by atoms with Crippen molar-refractivity contribution in [3.63, 3.8) is 0 Å². The third-order valence-electron chi connectivity index (χ3n) is 9.70.